The lowest BCUT2D eigenvalue weighted by molar-refractivity contribution is 0.0569. The average Bonchev–Trinajstić information content (AvgIpc) is 2.30. The van der Waals surface area contributed by atoms with Crippen molar-refractivity contribution >= 4 is 11.8 Å². The molecule has 0 aromatic heterocycles. The molecule has 1 aliphatic heterocycles. The molecule has 3 heteroatoms. The highest BCUT2D eigenvalue weighted by molar-refractivity contribution is 7.99. The van der Waals surface area contributed by atoms with E-state index in [1.54, 1.807) is 0 Å². The lowest BCUT2D eigenvalue weighted by Crippen LogP contribution is -2.34. The van der Waals surface area contributed by atoms with Gasteiger partial charge in [0.15, 0.2) is 0 Å². The van der Waals surface area contributed by atoms with Gasteiger partial charge in [0.2, 0.25) is 0 Å². The molecule has 0 amide bonds. The normalized spacial score (nSPS) is 23.7. The van der Waals surface area contributed by atoms with Crippen LogP contribution in [0.1, 0.15) is 17.2 Å². The lowest BCUT2D eigenvalue weighted by atomic mass is 10.0. The topological polar surface area (TPSA) is 35.2 Å². The molecule has 1 fully saturated rings. The van der Waals surface area contributed by atoms with Crippen LogP contribution in [-0.4, -0.2) is 24.2 Å². The van der Waals surface area contributed by atoms with E-state index in [1.807, 2.05) is 11.8 Å². The van der Waals surface area contributed by atoms with Gasteiger partial charge in [0, 0.05) is 11.5 Å². The van der Waals surface area contributed by atoms with Crippen LogP contribution >= 0.6 is 11.8 Å². The van der Waals surface area contributed by atoms with Gasteiger partial charge in [-0.2, -0.15) is 11.8 Å². The van der Waals surface area contributed by atoms with E-state index in [4.69, 9.17) is 10.5 Å². The minimum Gasteiger partial charge on any atom is -0.375 e. The number of ether oxygens (including phenoxy) is 1. The molecule has 15 heavy (non-hydrogen) atoms. The van der Waals surface area contributed by atoms with Crippen molar-refractivity contribution in [2.75, 3.05) is 18.1 Å². The summed E-state index contributed by atoms with van der Waals surface area (Å²) in [6.07, 6.45) is 0.173. The molecule has 2 N–H and O–H groups in total. The molecule has 2 atom stereocenters. The molecule has 2 unspecified atom stereocenters. The number of benzene rings is 1. The molecule has 0 bridgehead atoms. The van der Waals surface area contributed by atoms with Gasteiger partial charge in [0.1, 0.15) is 0 Å². The molecule has 0 radical (unpaired) electrons. The van der Waals surface area contributed by atoms with Crippen LogP contribution in [0.5, 0.6) is 0 Å². The quantitative estimate of drug-likeness (QED) is 0.834. The molecule has 2 rings (SSSR count). The smallest absolute Gasteiger partial charge is 0.0858 e. The maximum atomic E-state index is 6.18. The Kier molecular flexibility index (Phi) is 3.67. The first-order valence-corrected chi connectivity index (χ1v) is 6.44. The van der Waals surface area contributed by atoms with Crippen molar-refractivity contribution in [2.45, 2.75) is 19.1 Å². The molecule has 2 nitrogen and oxygen atoms in total. The monoisotopic (exact) mass is 223 g/mol. The number of nitrogens with two attached hydrogens (primary N) is 1. The van der Waals surface area contributed by atoms with Crippen LogP contribution < -0.4 is 5.73 Å². The number of thioether (sulfide) groups is 1. The van der Waals surface area contributed by atoms with Crippen molar-refractivity contribution in [3.8, 4) is 0 Å². The van der Waals surface area contributed by atoms with Crippen LogP contribution in [-0.2, 0) is 4.74 Å². The molecule has 82 valence electrons. The maximum absolute atomic E-state index is 6.18. The number of rotatable bonds is 2. The van der Waals surface area contributed by atoms with Crippen LogP contribution in [0.2, 0.25) is 0 Å². The van der Waals surface area contributed by atoms with Gasteiger partial charge in [-0.25, -0.2) is 0 Å². The van der Waals surface area contributed by atoms with E-state index in [2.05, 4.69) is 31.2 Å². The summed E-state index contributed by atoms with van der Waals surface area (Å²) in [7, 11) is 0. The zero-order valence-corrected chi connectivity index (χ0v) is 9.80. The van der Waals surface area contributed by atoms with Gasteiger partial charge in [-0.1, -0.05) is 29.8 Å². The second-order valence-corrected chi connectivity index (χ2v) is 5.07. The zero-order chi connectivity index (χ0) is 10.7. The summed E-state index contributed by atoms with van der Waals surface area (Å²) in [6, 6.07) is 8.42. The standard InChI is InChI=1S/C12H17NOS/c1-9-2-4-10(5-3-9)12(13)11-8-15-7-6-14-11/h2-5,11-12H,6-8,13H2,1H3. The van der Waals surface area contributed by atoms with E-state index < -0.39 is 0 Å². The maximum Gasteiger partial charge on any atom is 0.0858 e. The fourth-order valence-corrected chi connectivity index (χ4v) is 2.63. The molecular weight excluding hydrogens is 206 g/mol. The minimum atomic E-state index is 0.0124. The Balaban J connectivity index is 2.05. The summed E-state index contributed by atoms with van der Waals surface area (Å²) in [4.78, 5) is 0. The van der Waals surface area contributed by atoms with Crippen molar-refractivity contribution in [1.82, 2.24) is 0 Å². The summed E-state index contributed by atoms with van der Waals surface area (Å²) >= 11 is 1.92. The van der Waals surface area contributed by atoms with E-state index >= 15 is 0 Å². The highest BCUT2D eigenvalue weighted by Crippen LogP contribution is 2.23. The summed E-state index contributed by atoms with van der Waals surface area (Å²) in [5.74, 6) is 2.10. The third-order valence-electron chi connectivity index (χ3n) is 2.70. The molecule has 1 saturated heterocycles. The third-order valence-corrected chi connectivity index (χ3v) is 3.72. The Morgan fingerprint density at radius 2 is 2.13 bits per heavy atom. The molecule has 1 aliphatic rings. The van der Waals surface area contributed by atoms with Crippen molar-refractivity contribution < 1.29 is 4.74 Å². The van der Waals surface area contributed by atoms with Gasteiger partial charge in [-0.05, 0) is 12.5 Å². The number of hydrogen-bond donors (Lipinski definition) is 1. The van der Waals surface area contributed by atoms with Crippen molar-refractivity contribution in [3.05, 3.63) is 35.4 Å². The van der Waals surface area contributed by atoms with Crippen LogP contribution in [0.4, 0.5) is 0 Å². The van der Waals surface area contributed by atoms with Crippen LogP contribution in [0.25, 0.3) is 0 Å². The Labute approximate surface area is 95.2 Å². The Morgan fingerprint density at radius 3 is 2.73 bits per heavy atom. The predicted octanol–water partition coefficient (Wildman–Crippen LogP) is 2.13. The highest BCUT2D eigenvalue weighted by Gasteiger charge is 2.22. The van der Waals surface area contributed by atoms with Crippen molar-refractivity contribution in [1.29, 1.82) is 0 Å². The van der Waals surface area contributed by atoms with E-state index in [9.17, 15) is 0 Å². The van der Waals surface area contributed by atoms with E-state index in [0.717, 1.165) is 18.1 Å². The van der Waals surface area contributed by atoms with Gasteiger partial charge < -0.3 is 10.5 Å². The molecule has 1 aromatic carbocycles. The van der Waals surface area contributed by atoms with Gasteiger partial charge in [0.25, 0.3) is 0 Å². The summed E-state index contributed by atoms with van der Waals surface area (Å²) in [5.41, 5.74) is 8.62. The Bertz CT molecular complexity index is 306. The second kappa shape index (κ2) is 5.01. The summed E-state index contributed by atoms with van der Waals surface area (Å²) in [5, 5.41) is 0. The van der Waals surface area contributed by atoms with Gasteiger partial charge in [0.05, 0.1) is 18.8 Å². The third kappa shape index (κ3) is 2.74. The average molecular weight is 223 g/mol. The fourth-order valence-electron chi connectivity index (χ4n) is 1.72. The number of aryl methyl sites for hydroxylation is 1. The molecule has 0 aliphatic carbocycles. The fraction of sp³-hybridized carbons (Fsp3) is 0.500. The first-order valence-electron chi connectivity index (χ1n) is 5.29. The second-order valence-electron chi connectivity index (χ2n) is 3.92. The van der Waals surface area contributed by atoms with Gasteiger partial charge in [-0.3, -0.25) is 0 Å². The summed E-state index contributed by atoms with van der Waals surface area (Å²) < 4.78 is 5.68. The summed E-state index contributed by atoms with van der Waals surface area (Å²) in [6.45, 7) is 2.91. The largest absolute Gasteiger partial charge is 0.375 e. The number of hydrogen-bond acceptors (Lipinski definition) is 3. The molecule has 1 aromatic rings. The van der Waals surface area contributed by atoms with Crippen molar-refractivity contribution in [3.63, 3.8) is 0 Å². The molecular formula is C12H17NOS. The Morgan fingerprint density at radius 1 is 1.40 bits per heavy atom. The first-order chi connectivity index (χ1) is 7.27. The van der Waals surface area contributed by atoms with Crippen LogP contribution in [0.3, 0.4) is 0 Å². The van der Waals surface area contributed by atoms with Gasteiger partial charge >= 0.3 is 0 Å². The van der Waals surface area contributed by atoms with Crippen molar-refractivity contribution in [2.24, 2.45) is 5.73 Å². The zero-order valence-electron chi connectivity index (χ0n) is 8.98. The predicted molar refractivity (Wildman–Crippen MR) is 65.2 cm³/mol. The van der Waals surface area contributed by atoms with E-state index in [0.29, 0.717) is 0 Å². The minimum absolute atomic E-state index is 0.0124. The van der Waals surface area contributed by atoms with E-state index in [-0.39, 0.29) is 12.1 Å². The van der Waals surface area contributed by atoms with Crippen LogP contribution in [0.15, 0.2) is 24.3 Å². The molecule has 1 heterocycles. The van der Waals surface area contributed by atoms with Crippen LogP contribution in [0, 0.1) is 6.92 Å². The lowest BCUT2D eigenvalue weighted by Gasteiger charge is -2.27. The SMILES string of the molecule is Cc1ccc(C(N)C2CSCCO2)cc1. The molecule has 0 spiro atoms. The Hall–Kier alpha value is -0.510. The van der Waals surface area contributed by atoms with E-state index in [1.165, 1.54) is 11.1 Å². The van der Waals surface area contributed by atoms with Gasteiger partial charge in [-0.15, -0.1) is 0 Å². The highest BCUT2D eigenvalue weighted by atomic mass is 32.2. The molecule has 0 saturated carbocycles. The first kappa shape index (κ1) is 11.0.